The number of nitrogens with one attached hydrogen (secondary N) is 1. The van der Waals surface area contributed by atoms with Crippen molar-refractivity contribution in [2.24, 2.45) is 11.7 Å². The van der Waals surface area contributed by atoms with E-state index in [9.17, 15) is 9.59 Å². The van der Waals surface area contributed by atoms with Gasteiger partial charge in [0, 0.05) is 6.54 Å². The molecule has 0 aromatic carbocycles. The second-order valence-corrected chi connectivity index (χ2v) is 3.96. The van der Waals surface area contributed by atoms with Crippen molar-refractivity contribution < 1.29 is 14.7 Å². The van der Waals surface area contributed by atoms with Gasteiger partial charge in [-0.3, -0.25) is 9.59 Å². The van der Waals surface area contributed by atoms with E-state index >= 15 is 0 Å². The molecule has 0 aliphatic heterocycles. The van der Waals surface area contributed by atoms with E-state index in [-0.39, 0.29) is 12.5 Å². The van der Waals surface area contributed by atoms with Crippen molar-refractivity contribution in [2.75, 3.05) is 6.54 Å². The van der Waals surface area contributed by atoms with Gasteiger partial charge in [0.2, 0.25) is 5.91 Å². The normalized spacial score (nSPS) is 14.2. The second-order valence-electron chi connectivity index (χ2n) is 3.96. The first-order chi connectivity index (χ1) is 7.52. The van der Waals surface area contributed by atoms with Crippen molar-refractivity contribution in [3.63, 3.8) is 0 Å². The minimum Gasteiger partial charge on any atom is -0.481 e. The number of carboxylic acids is 1. The number of hydrogen-bond acceptors (Lipinski definition) is 3. The van der Waals surface area contributed by atoms with Crippen LogP contribution in [0.15, 0.2) is 0 Å². The highest BCUT2D eigenvalue weighted by atomic mass is 16.4. The zero-order chi connectivity index (χ0) is 12.6. The largest absolute Gasteiger partial charge is 0.481 e. The molecule has 0 aliphatic carbocycles. The highest BCUT2D eigenvalue weighted by molar-refractivity contribution is 5.82. The van der Waals surface area contributed by atoms with Crippen LogP contribution in [0.4, 0.5) is 0 Å². The first-order valence-corrected chi connectivity index (χ1v) is 5.79. The summed E-state index contributed by atoms with van der Waals surface area (Å²) in [4.78, 5) is 22.3. The molecule has 0 radical (unpaired) electrons. The third-order valence-electron chi connectivity index (χ3n) is 2.45. The van der Waals surface area contributed by atoms with Crippen LogP contribution in [0.5, 0.6) is 0 Å². The molecule has 0 aliphatic rings. The standard InChI is InChI=1S/C11H22N2O3/c1-3-5-8(11(15)16)7-13-10(14)9(12)6-4-2/h8-9H,3-7,12H2,1-2H3,(H,13,14)(H,15,16)/t8?,9-/m1/s1. The summed E-state index contributed by atoms with van der Waals surface area (Å²) in [5.74, 6) is -1.64. The van der Waals surface area contributed by atoms with Crippen LogP contribution in [0.3, 0.4) is 0 Å². The Morgan fingerprint density at radius 3 is 2.25 bits per heavy atom. The molecule has 5 heteroatoms. The Bertz CT molecular complexity index is 231. The number of nitrogens with two attached hydrogens (primary N) is 1. The SMILES string of the molecule is CCCC(CNC(=O)[C@H](N)CCC)C(=O)O. The molecule has 16 heavy (non-hydrogen) atoms. The summed E-state index contributed by atoms with van der Waals surface area (Å²) >= 11 is 0. The lowest BCUT2D eigenvalue weighted by molar-refractivity contribution is -0.142. The predicted octanol–water partition coefficient (Wildman–Crippen LogP) is 0.731. The maximum atomic E-state index is 11.4. The van der Waals surface area contributed by atoms with Crippen LogP contribution in [-0.4, -0.2) is 29.6 Å². The number of hydrogen-bond donors (Lipinski definition) is 3. The molecule has 0 heterocycles. The van der Waals surface area contributed by atoms with Crippen LogP contribution in [0.1, 0.15) is 39.5 Å². The highest BCUT2D eigenvalue weighted by Crippen LogP contribution is 2.05. The van der Waals surface area contributed by atoms with Gasteiger partial charge in [-0.1, -0.05) is 26.7 Å². The molecule has 2 atom stereocenters. The molecule has 1 unspecified atom stereocenters. The Hall–Kier alpha value is -1.10. The van der Waals surface area contributed by atoms with Gasteiger partial charge >= 0.3 is 5.97 Å². The fourth-order valence-corrected chi connectivity index (χ4v) is 1.46. The van der Waals surface area contributed by atoms with Crippen molar-refractivity contribution in [3.8, 4) is 0 Å². The van der Waals surface area contributed by atoms with Crippen LogP contribution >= 0.6 is 0 Å². The Labute approximate surface area is 96.4 Å². The lowest BCUT2D eigenvalue weighted by Gasteiger charge is -2.15. The molecule has 0 rings (SSSR count). The lowest BCUT2D eigenvalue weighted by atomic mass is 10.0. The molecule has 0 spiro atoms. The van der Waals surface area contributed by atoms with Crippen molar-refractivity contribution in [1.82, 2.24) is 5.32 Å². The molecule has 0 bridgehead atoms. The number of carbonyl (C=O) groups is 2. The summed E-state index contributed by atoms with van der Waals surface area (Å²) < 4.78 is 0. The van der Waals surface area contributed by atoms with Crippen molar-refractivity contribution in [2.45, 2.75) is 45.6 Å². The quantitative estimate of drug-likeness (QED) is 0.573. The topological polar surface area (TPSA) is 92.4 Å². The maximum absolute atomic E-state index is 11.4. The van der Waals surface area contributed by atoms with Gasteiger partial charge in [0.15, 0.2) is 0 Å². The van der Waals surface area contributed by atoms with E-state index in [0.29, 0.717) is 12.8 Å². The fraction of sp³-hybridized carbons (Fsp3) is 0.818. The monoisotopic (exact) mass is 230 g/mol. The van der Waals surface area contributed by atoms with Crippen LogP contribution in [0.25, 0.3) is 0 Å². The Balaban J connectivity index is 4.00. The second kappa shape index (κ2) is 8.10. The number of aliphatic carboxylic acids is 1. The first-order valence-electron chi connectivity index (χ1n) is 5.79. The van der Waals surface area contributed by atoms with Gasteiger partial charge in [-0.25, -0.2) is 0 Å². The zero-order valence-electron chi connectivity index (χ0n) is 10.0. The van der Waals surface area contributed by atoms with Gasteiger partial charge in [-0.15, -0.1) is 0 Å². The molecule has 1 amide bonds. The summed E-state index contributed by atoms with van der Waals surface area (Å²) in [7, 11) is 0. The maximum Gasteiger partial charge on any atom is 0.308 e. The van der Waals surface area contributed by atoms with Crippen LogP contribution in [0, 0.1) is 5.92 Å². The van der Waals surface area contributed by atoms with Gasteiger partial charge in [0.1, 0.15) is 0 Å². The van der Waals surface area contributed by atoms with Crippen molar-refractivity contribution in [1.29, 1.82) is 0 Å². The smallest absolute Gasteiger partial charge is 0.308 e. The summed E-state index contributed by atoms with van der Waals surface area (Å²) in [6.45, 7) is 4.03. The van der Waals surface area contributed by atoms with E-state index in [0.717, 1.165) is 12.8 Å². The fourth-order valence-electron chi connectivity index (χ4n) is 1.46. The minimum absolute atomic E-state index is 0.166. The summed E-state index contributed by atoms with van der Waals surface area (Å²) in [5.41, 5.74) is 5.60. The minimum atomic E-state index is -0.869. The number of amides is 1. The third-order valence-corrected chi connectivity index (χ3v) is 2.45. The Morgan fingerprint density at radius 1 is 1.25 bits per heavy atom. The van der Waals surface area contributed by atoms with Gasteiger partial charge in [-0.05, 0) is 12.8 Å². The van der Waals surface area contributed by atoms with E-state index in [4.69, 9.17) is 10.8 Å². The van der Waals surface area contributed by atoms with Crippen LogP contribution in [-0.2, 0) is 9.59 Å². The molecule has 0 saturated heterocycles. The molecule has 5 nitrogen and oxygen atoms in total. The van der Waals surface area contributed by atoms with Crippen molar-refractivity contribution >= 4 is 11.9 Å². The number of carbonyl (C=O) groups excluding carboxylic acids is 1. The van der Waals surface area contributed by atoms with E-state index in [2.05, 4.69) is 5.32 Å². The van der Waals surface area contributed by atoms with E-state index in [1.165, 1.54) is 0 Å². The molecular formula is C11H22N2O3. The lowest BCUT2D eigenvalue weighted by Crippen LogP contribution is -2.43. The van der Waals surface area contributed by atoms with Crippen LogP contribution < -0.4 is 11.1 Å². The Kier molecular flexibility index (Phi) is 7.54. The zero-order valence-corrected chi connectivity index (χ0v) is 10.0. The van der Waals surface area contributed by atoms with Crippen LogP contribution in [0.2, 0.25) is 0 Å². The summed E-state index contributed by atoms with van der Waals surface area (Å²) in [5, 5.41) is 11.5. The third kappa shape index (κ3) is 5.70. The van der Waals surface area contributed by atoms with Gasteiger partial charge in [0.05, 0.1) is 12.0 Å². The van der Waals surface area contributed by atoms with E-state index in [1.807, 2.05) is 13.8 Å². The predicted molar refractivity (Wildman–Crippen MR) is 61.9 cm³/mol. The summed E-state index contributed by atoms with van der Waals surface area (Å²) in [6.07, 6.45) is 2.82. The molecule has 0 aromatic heterocycles. The highest BCUT2D eigenvalue weighted by Gasteiger charge is 2.19. The first kappa shape index (κ1) is 14.9. The molecule has 94 valence electrons. The van der Waals surface area contributed by atoms with E-state index in [1.54, 1.807) is 0 Å². The number of carboxylic acid groups (broad SMARTS) is 1. The molecule has 4 N–H and O–H groups in total. The van der Waals surface area contributed by atoms with Crippen molar-refractivity contribution in [3.05, 3.63) is 0 Å². The average molecular weight is 230 g/mol. The van der Waals surface area contributed by atoms with E-state index < -0.39 is 17.9 Å². The summed E-state index contributed by atoms with van der Waals surface area (Å²) in [6, 6.07) is -0.527. The van der Waals surface area contributed by atoms with Gasteiger partial charge in [-0.2, -0.15) is 0 Å². The molecular weight excluding hydrogens is 208 g/mol. The average Bonchev–Trinajstić information content (AvgIpc) is 2.23. The molecule has 0 aromatic rings. The molecule has 0 fully saturated rings. The van der Waals surface area contributed by atoms with Gasteiger partial charge in [0.25, 0.3) is 0 Å². The molecule has 0 saturated carbocycles. The van der Waals surface area contributed by atoms with Gasteiger partial charge < -0.3 is 16.2 Å². The Morgan fingerprint density at radius 2 is 1.81 bits per heavy atom. The number of rotatable bonds is 8.